The maximum atomic E-state index is 12.4. The molecule has 20 heavy (non-hydrogen) atoms. The molecule has 2 saturated carbocycles. The normalized spacial score (nSPS) is 29.6. The number of hydrogen-bond acceptors (Lipinski definition) is 2. The molecule has 0 radical (unpaired) electrons. The highest BCUT2D eigenvalue weighted by molar-refractivity contribution is 5.85. The highest BCUT2D eigenvalue weighted by Gasteiger charge is 2.36. The van der Waals surface area contributed by atoms with Crippen molar-refractivity contribution in [3.8, 4) is 0 Å². The number of carboxylic acids is 1. The summed E-state index contributed by atoms with van der Waals surface area (Å²) in [5.74, 6) is -1.08. The summed E-state index contributed by atoms with van der Waals surface area (Å²) in [6.45, 7) is 2.08. The highest BCUT2D eigenvalue weighted by Crippen LogP contribution is 2.31. The molecule has 2 aliphatic rings. The van der Waals surface area contributed by atoms with Gasteiger partial charge in [0.15, 0.2) is 0 Å². The van der Waals surface area contributed by atoms with Crippen molar-refractivity contribution >= 4 is 11.9 Å². The second kappa shape index (κ2) is 7.09. The highest BCUT2D eigenvalue weighted by atomic mass is 16.4. The van der Waals surface area contributed by atoms with Crippen LogP contribution in [0.5, 0.6) is 0 Å². The predicted octanol–water partition coefficient (Wildman–Crippen LogP) is 2.96. The minimum atomic E-state index is -0.810. The van der Waals surface area contributed by atoms with Gasteiger partial charge >= 0.3 is 5.97 Å². The fraction of sp³-hybridized carbons (Fsp3) is 0.875. The van der Waals surface area contributed by atoms with Gasteiger partial charge in [0.05, 0.1) is 11.8 Å². The van der Waals surface area contributed by atoms with Crippen molar-refractivity contribution in [3.05, 3.63) is 0 Å². The SMILES string of the molecule is C[C@H](NC(=O)[C@@H]1CCCC[C@@H]1C(=O)O)C1CCCCC1. The van der Waals surface area contributed by atoms with Crippen LogP contribution in [-0.4, -0.2) is 23.0 Å². The van der Waals surface area contributed by atoms with Crippen LogP contribution in [0.4, 0.5) is 0 Å². The molecule has 3 atom stereocenters. The molecule has 114 valence electrons. The van der Waals surface area contributed by atoms with Crippen LogP contribution >= 0.6 is 0 Å². The third kappa shape index (κ3) is 3.74. The van der Waals surface area contributed by atoms with Crippen molar-refractivity contribution in [2.45, 2.75) is 70.8 Å². The van der Waals surface area contributed by atoms with Crippen molar-refractivity contribution < 1.29 is 14.7 Å². The van der Waals surface area contributed by atoms with Crippen LogP contribution in [0.2, 0.25) is 0 Å². The number of amides is 1. The van der Waals surface area contributed by atoms with Gasteiger partial charge in [0, 0.05) is 6.04 Å². The summed E-state index contributed by atoms with van der Waals surface area (Å²) in [6, 6.07) is 0.180. The first-order valence-corrected chi connectivity index (χ1v) is 8.12. The Kier molecular flexibility index (Phi) is 5.44. The quantitative estimate of drug-likeness (QED) is 0.832. The van der Waals surface area contributed by atoms with Crippen LogP contribution in [0.1, 0.15) is 64.7 Å². The summed E-state index contributed by atoms with van der Waals surface area (Å²) >= 11 is 0. The Morgan fingerprint density at radius 1 is 0.950 bits per heavy atom. The van der Waals surface area contributed by atoms with Gasteiger partial charge in [-0.15, -0.1) is 0 Å². The van der Waals surface area contributed by atoms with Crippen molar-refractivity contribution in [1.29, 1.82) is 0 Å². The Balaban J connectivity index is 1.90. The molecule has 0 spiro atoms. The van der Waals surface area contributed by atoms with E-state index in [1.165, 1.54) is 32.1 Å². The maximum absolute atomic E-state index is 12.4. The first kappa shape index (κ1) is 15.3. The van der Waals surface area contributed by atoms with E-state index in [4.69, 9.17) is 0 Å². The fourth-order valence-electron chi connectivity index (χ4n) is 3.82. The second-order valence-corrected chi connectivity index (χ2v) is 6.53. The van der Waals surface area contributed by atoms with Crippen molar-refractivity contribution in [3.63, 3.8) is 0 Å². The molecule has 0 heterocycles. The van der Waals surface area contributed by atoms with Crippen LogP contribution in [-0.2, 0) is 9.59 Å². The van der Waals surface area contributed by atoms with Crippen LogP contribution < -0.4 is 5.32 Å². The van der Waals surface area contributed by atoms with Gasteiger partial charge in [-0.1, -0.05) is 32.1 Å². The van der Waals surface area contributed by atoms with Gasteiger partial charge in [-0.05, 0) is 38.5 Å². The molecule has 0 aromatic rings. The Labute approximate surface area is 121 Å². The van der Waals surface area contributed by atoms with Gasteiger partial charge in [-0.3, -0.25) is 9.59 Å². The van der Waals surface area contributed by atoms with E-state index < -0.39 is 11.9 Å². The Morgan fingerprint density at radius 3 is 2.10 bits per heavy atom. The molecule has 4 heteroatoms. The second-order valence-electron chi connectivity index (χ2n) is 6.53. The van der Waals surface area contributed by atoms with Gasteiger partial charge in [-0.25, -0.2) is 0 Å². The van der Waals surface area contributed by atoms with Crippen molar-refractivity contribution in [2.75, 3.05) is 0 Å². The van der Waals surface area contributed by atoms with Crippen molar-refractivity contribution in [2.24, 2.45) is 17.8 Å². The molecule has 0 aromatic carbocycles. The Morgan fingerprint density at radius 2 is 1.50 bits per heavy atom. The molecule has 2 fully saturated rings. The molecule has 0 saturated heterocycles. The topological polar surface area (TPSA) is 66.4 Å². The molecule has 2 rings (SSSR count). The summed E-state index contributed by atoms with van der Waals surface area (Å²) in [7, 11) is 0. The number of carboxylic acid groups (broad SMARTS) is 1. The standard InChI is InChI=1S/C16H27NO3/c1-11(12-7-3-2-4-8-12)17-15(18)13-9-5-6-10-14(13)16(19)20/h11-14H,2-10H2,1H3,(H,17,18)(H,19,20)/t11-,13+,14-/m0/s1. The van der Waals surface area contributed by atoms with Gasteiger partial charge in [-0.2, -0.15) is 0 Å². The molecule has 2 aliphatic carbocycles. The van der Waals surface area contributed by atoms with Crippen LogP contribution in [0.3, 0.4) is 0 Å². The number of rotatable bonds is 4. The molecule has 0 aromatic heterocycles. The van der Waals surface area contributed by atoms with Gasteiger partial charge in [0.25, 0.3) is 0 Å². The first-order chi connectivity index (χ1) is 9.59. The minimum Gasteiger partial charge on any atom is -0.481 e. The zero-order valence-corrected chi connectivity index (χ0v) is 12.4. The van der Waals surface area contributed by atoms with Gasteiger partial charge in [0.1, 0.15) is 0 Å². The van der Waals surface area contributed by atoms with Crippen LogP contribution in [0, 0.1) is 17.8 Å². The maximum Gasteiger partial charge on any atom is 0.307 e. The van der Waals surface area contributed by atoms with Gasteiger partial charge < -0.3 is 10.4 Å². The Hall–Kier alpha value is -1.06. The smallest absolute Gasteiger partial charge is 0.307 e. The summed E-state index contributed by atoms with van der Waals surface area (Å²) < 4.78 is 0. The third-order valence-corrected chi connectivity index (χ3v) is 5.15. The number of carbonyl (C=O) groups is 2. The molecular formula is C16H27NO3. The lowest BCUT2D eigenvalue weighted by molar-refractivity contribution is -0.149. The minimum absolute atomic E-state index is 0.0322. The zero-order chi connectivity index (χ0) is 14.5. The molecule has 0 bridgehead atoms. The van der Waals surface area contributed by atoms with E-state index in [9.17, 15) is 14.7 Å². The largest absolute Gasteiger partial charge is 0.481 e. The number of aliphatic carboxylic acids is 1. The fourth-order valence-corrected chi connectivity index (χ4v) is 3.82. The first-order valence-electron chi connectivity index (χ1n) is 8.12. The van der Waals surface area contributed by atoms with E-state index in [1.54, 1.807) is 0 Å². The number of hydrogen-bond donors (Lipinski definition) is 2. The van der Waals surface area contributed by atoms with E-state index in [2.05, 4.69) is 12.2 Å². The average Bonchev–Trinajstić information content (AvgIpc) is 2.48. The van der Waals surface area contributed by atoms with E-state index in [0.29, 0.717) is 12.3 Å². The van der Waals surface area contributed by atoms with E-state index in [-0.39, 0.29) is 17.9 Å². The molecular weight excluding hydrogens is 254 g/mol. The third-order valence-electron chi connectivity index (χ3n) is 5.15. The van der Waals surface area contributed by atoms with E-state index in [1.807, 2.05) is 0 Å². The molecule has 1 amide bonds. The molecule has 4 nitrogen and oxygen atoms in total. The monoisotopic (exact) mass is 281 g/mol. The van der Waals surface area contributed by atoms with E-state index in [0.717, 1.165) is 19.3 Å². The lowest BCUT2D eigenvalue weighted by Crippen LogP contribution is -2.45. The predicted molar refractivity (Wildman–Crippen MR) is 77.3 cm³/mol. The summed E-state index contributed by atoms with van der Waals surface area (Å²) in [4.78, 5) is 23.7. The van der Waals surface area contributed by atoms with Gasteiger partial charge in [0.2, 0.25) is 5.91 Å². The summed E-state index contributed by atoms with van der Waals surface area (Å²) in [5.41, 5.74) is 0. The number of carbonyl (C=O) groups excluding carboxylic acids is 1. The molecule has 2 N–H and O–H groups in total. The van der Waals surface area contributed by atoms with E-state index >= 15 is 0 Å². The van der Waals surface area contributed by atoms with Crippen LogP contribution in [0.15, 0.2) is 0 Å². The zero-order valence-electron chi connectivity index (χ0n) is 12.4. The Bertz CT molecular complexity index is 350. The van der Waals surface area contributed by atoms with Crippen molar-refractivity contribution in [1.82, 2.24) is 5.32 Å². The number of nitrogens with one attached hydrogen (secondary N) is 1. The lowest BCUT2D eigenvalue weighted by Gasteiger charge is -2.32. The molecule has 0 unspecified atom stereocenters. The summed E-state index contributed by atoms with van der Waals surface area (Å²) in [5, 5.41) is 12.4. The van der Waals surface area contributed by atoms with Crippen LogP contribution in [0.25, 0.3) is 0 Å². The average molecular weight is 281 g/mol. The summed E-state index contributed by atoms with van der Waals surface area (Å²) in [6.07, 6.45) is 9.46. The molecule has 0 aliphatic heterocycles. The lowest BCUT2D eigenvalue weighted by atomic mass is 9.78.